The van der Waals surface area contributed by atoms with E-state index < -0.39 is 36.1 Å². The van der Waals surface area contributed by atoms with Crippen LogP contribution in [0.5, 0.6) is 5.75 Å². The number of hydrogen-bond donors (Lipinski definition) is 3. The number of benzene rings is 1. The number of nitro groups is 1. The van der Waals surface area contributed by atoms with E-state index in [4.69, 9.17) is 14.9 Å². The van der Waals surface area contributed by atoms with Crippen LogP contribution in [-0.2, 0) is 9.59 Å². The Hall–Kier alpha value is -2.68. The first kappa shape index (κ1) is 15.4. The highest BCUT2D eigenvalue weighted by atomic mass is 16.6. The molecule has 9 heteroatoms. The zero-order valence-corrected chi connectivity index (χ0v) is 10.2. The van der Waals surface area contributed by atoms with Gasteiger partial charge in [0.25, 0.3) is 11.6 Å². The van der Waals surface area contributed by atoms with Gasteiger partial charge in [-0.3, -0.25) is 14.9 Å². The van der Waals surface area contributed by atoms with Gasteiger partial charge in [0.15, 0.2) is 6.61 Å². The molecule has 20 heavy (non-hydrogen) atoms. The number of aliphatic hydroxyl groups is 1. The summed E-state index contributed by atoms with van der Waals surface area (Å²) in [6.45, 7) is -1.21. The molecule has 1 aromatic carbocycles. The second kappa shape index (κ2) is 7.04. The topological polar surface area (TPSA) is 139 Å². The van der Waals surface area contributed by atoms with E-state index in [2.05, 4.69) is 0 Å². The van der Waals surface area contributed by atoms with Crippen LogP contribution in [0, 0.1) is 10.1 Å². The average Bonchev–Trinajstić information content (AvgIpc) is 2.42. The fraction of sp³-hybridized carbons (Fsp3) is 0.273. The molecule has 0 unspecified atom stereocenters. The van der Waals surface area contributed by atoms with E-state index >= 15 is 0 Å². The number of nitro benzene ring substituents is 1. The van der Waals surface area contributed by atoms with E-state index in [9.17, 15) is 19.7 Å². The first-order valence-electron chi connectivity index (χ1n) is 5.44. The van der Waals surface area contributed by atoms with Crippen LogP contribution in [0.4, 0.5) is 5.69 Å². The summed E-state index contributed by atoms with van der Waals surface area (Å²) < 4.78 is 5.02. The normalized spacial score (nSPS) is 11.4. The molecule has 1 rings (SSSR count). The van der Waals surface area contributed by atoms with Gasteiger partial charge in [-0.1, -0.05) is 0 Å². The number of carboxylic acids is 1. The molecule has 0 aromatic heterocycles. The fourth-order valence-electron chi connectivity index (χ4n) is 1.23. The number of rotatable bonds is 7. The van der Waals surface area contributed by atoms with Gasteiger partial charge in [0.2, 0.25) is 0 Å². The van der Waals surface area contributed by atoms with Crippen molar-refractivity contribution in [2.75, 3.05) is 13.2 Å². The summed E-state index contributed by atoms with van der Waals surface area (Å²) in [5.74, 6) is -1.87. The summed E-state index contributed by atoms with van der Waals surface area (Å²) >= 11 is 0. The van der Waals surface area contributed by atoms with Crippen molar-refractivity contribution < 1.29 is 29.5 Å². The van der Waals surface area contributed by atoms with Gasteiger partial charge < -0.3 is 20.3 Å². The molecule has 1 aromatic rings. The molecular formula is C11H12N2O7. The molecule has 9 nitrogen and oxygen atoms in total. The maximum atomic E-state index is 11.3. The van der Waals surface area contributed by atoms with Gasteiger partial charge in [0, 0.05) is 12.1 Å². The second-order valence-electron chi connectivity index (χ2n) is 3.68. The van der Waals surface area contributed by atoms with Gasteiger partial charge in [-0.25, -0.2) is 4.79 Å². The molecular weight excluding hydrogens is 272 g/mol. The van der Waals surface area contributed by atoms with Crippen molar-refractivity contribution in [2.45, 2.75) is 6.04 Å². The molecule has 0 bridgehead atoms. The minimum atomic E-state index is -1.40. The lowest BCUT2D eigenvalue weighted by atomic mass is 10.3. The highest BCUT2D eigenvalue weighted by molar-refractivity contribution is 5.84. The number of carboxylic acid groups (broad SMARTS) is 1. The lowest BCUT2D eigenvalue weighted by molar-refractivity contribution is -0.384. The average molecular weight is 284 g/mol. The quantitative estimate of drug-likeness (QED) is 0.454. The van der Waals surface area contributed by atoms with Gasteiger partial charge in [0.1, 0.15) is 11.8 Å². The molecule has 0 heterocycles. The zero-order chi connectivity index (χ0) is 15.1. The summed E-state index contributed by atoms with van der Waals surface area (Å²) in [4.78, 5) is 31.8. The van der Waals surface area contributed by atoms with Crippen LogP contribution in [0.25, 0.3) is 0 Å². The second-order valence-corrected chi connectivity index (χ2v) is 3.68. The Morgan fingerprint density at radius 2 is 1.95 bits per heavy atom. The Morgan fingerprint density at radius 1 is 1.35 bits per heavy atom. The maximum Gasteiger partial charge on any atom is 0.328 e. The number of aliphatic hydroxyl groups excluding tert-OH is 1. The van der Waals surface area contributed by atoms with Crippen molar-refractivity contribution in [3.63, 3.8) is 0 Å². The largest absolute Gasteiger partial charge is 0.484 e. The number of nitrogens with zero attached hydrogens (tertiary/aromatic N) is 1. The predicted octanol–water partition coefficient (Wildman–Crippen LogP) is -0.465. The summed E-state index contributed by atoms with van der Waals surface area (Å²) in [6, 6.07) is 3.64. The molecule has 0 aliphatic carbocycles. The molecule has 1 atom stereocenters. The Balaban J connectivity index is 2.48. The third-order valence-electron chi connectivity index (χ3n) is 2.23. The SMILES string of the molecule is O=C(COc1ccc([N+](=O)[O-])cc1)N[C@@H](CO)C(=O)O. The van der Waals surface area contributed by atoms with E-state index in [0.29, 0.717) is 0 Å². The minimum Gasteiger partial charge on any atom is -0.484 e. The molecule has 0 aliphatic heterocycles. The molecule has 1 amide bonds. The van der Waals surface area contributed by atoms with Crippen molar-refractivity contribution in [3.8, 4) is 5.75 Å². The molecule has 0 spiro atoms. The Bertz CT molecular complexity index is 500. The van der Waals surface area contributed by atoms with Gasteiger partial charge in [-0.05, 0) is 12.1 Å². The number of aliphatic carboxylic acids is 1. The van der Waals surface area contributed by atoms with Gasteiger partial charge in [-0.15, -0.1) is 0 Å². The third kappa shape index (κ3) is 4.53. The lowest BCUT2D eigenvalue weighted by Gasteiger charge is -2.12. The number of carbonyl (C=O) groups is 2. The van der Waals surface area contributed by atoms with Crippen LogP contribution in [-0.4, -0.2) is 46.3 Å². The van der Waals surface area contributed by atoms with E-state index in [-0.39, 0.29) is 11.4 Å². The van der Waals surface area contributed by atoms with Crippen molar-refractivity contribution in [3.05, 3.63) is 34.4 Å². The predicted molar refractivity (Wildman–Crippen MR) is 65.2 cm³/mol. The zero-order valence-electron chi connectivity index (χ0n) is 10.2. The molecule has 108 valence electrons. The van der Waals surface area contributed by atoms with Crippen LogP contribution >= 0.6 is 0 Å². The van der Waals surface area contributed by atoms with Crippen LogP contribution in [0.3, 0.4) is 0 Å². The molecule has 3 N–H and O–H groups in total. The van der Waals surface area contributed by atoms with Crippen LogP contribution in [0.15, 0.2) is 24.3 Å². The van der Waals surface area contributed by atoms with Crippen molar-refractivity contribution in [1.82, 2.24) is 5.32 Å². The number of non-ortho nitro benzene ring substituents is 1. The van der Waals surface area contributed by atoms with Gasteiger partial charge in [0.05, 0.1) is 11.5 Å². The molecule has 0 radical (unpaired) electrons. The Kier molecular flexibility index (Phi) is 5.42. The summed E-state index contributed by atoms with van der Waals surface area (Å²) in [6.07, 6.45) is 0. The monoisotopic (exact) mass is 284 g/mol. The van der Waals surface area contributed by atoms with E-state index in [1.165, 1.54) is 24.3 Å². The smallest absolute Gasteiger partial charge is 0.328 e. The number of hydrogen-bond acceptors (Lipinski definition) is 6. The van der Waals surface area contributed by atoms with Crippen molar-refractivity contribution in [1.29, 1.82) is 0 Å². The summed E-state index contributed by atoms with van der Waals surface area (Å²) in [5.41, 5.74) is -0.118. The van der Waals surface area contributed by atoms with Gasteiger partial charge >= 0.3 is 5.97 Å². The fourth-order valence-corrected chi connectivity index (χ4v) is 1.23. The number of ether oxygens (including phenoxy) is 1. The highest BCUT2D eigenvalue weighted by Crippen LogP contribution is 2.16. The molecule has 0 saturated heterocycles. The summed E-state index contributed by atoms with van der Waals surface area (Å²) in [7, 11) is 0. The third-order valence-corrected chi connectivity index (χ3v) is 2.23. The molecule has 0 aliphatic rings. The Labute approximate surface area is 112 Å². The van der Waals surface area contributed by atoms with Crippen molar-refractivity contribution >= 4 is 17.6 Å². The van der Waals surface area contributed by atoms with Crippen LogP contribution < -0.4 is 10.1 Å². The molecule has 0 saturated carbocycles. The number of nitrogens with one attached hydrogen (secondary N) is 1. The van der Waals surface area contributed by atoms with Gasteiger partial charge in [-0.2, -0.15) is 0 Å². The number of carbonyl (C=O) groups excluding carboxylic acids is 1. The first-order chi connectivity index (χ1) is 9.43. The van der Waals surface area contributed by atoms with E-state index in [0.717, 1.165) is 0 Å². The molecule has 0 fully saturated rings. The van der Waals surface area contributed by atoms with E-state index in [1.54, 1.807) is 0 Å². The van der Waals surface area contributed by atoms with Crippen LogP contribution in [0.2, 0.25) is 0 Å². The summed E-state index contributed by atoms with van der Waals surface area (Å²) in [5, 5.41) is 29.8. The van der Waals surface area contributed by atoms with Crippen LogP contribution in [0.1, 0.15) is 0 Å². The standard InChI is InChI=1S/C11H12N2O7/c14-5-9(11(16)17)12-10(15)6-20-8-3-1-7(2-4-8)13(18)19/h1-4,9,14H,5-6H2,(H,12,15)(H,16,17)/t9-/m0/s1. The van der Waals surface area contributed by atoms with Crippen molar-refractivity contribution in [2.24, 2.45) is 0 Å². The Morgan fingerprint density at radius 3 is 2.40 bits per heavy atom. The highest BCUT2D eigenvalue weighted by Gasteiger charge is 2.18. The maximum absolute atomic E-state index is 11.3. The first-order valence-corrected chi connectivity index (χ1v) is 5.44. The lowest BCUT2D eigenvalue weighted by Crippen LogP contribution is -2.45. The number of amides is 1. The minimum absolute atomic E-state index is 0.118. The van der Waals surface area contributed by atoms with E-state index in [1.807, 2.05) is 5.32 Å².